The van der Waals surface area contributed by atoms with E-state index in [-0.39, 0.29) is 24.6 Å². The molecule has 148 valence electrons. The predicted octanol–water partition coefficient (Wildman–Crippen LogP) is 3.70. The Morgan fingerprint density at radius 1 is 1.27 bits per heavy atom. The lowest BCUT2D eigenvalue weighted by Gasteiger charge is -2.22. The van der Waals surface area contributed by atoms with Crippen LogP contribution in [-0.2, 0) is 14.8 Å². The zero-order chi connectivity index (χ0) is 19.6. The average molecular weight is 387 g/mol. The fourth-order valence-electron chi connectivity index (χ4n) is 2.79. The molecular formula is C19H31FN2O3S. The maximum Gasteiger partial charge on any atom is 0.232 e. The quantitative estimate of drug-likeness (QED) is 0.595. The first-order valence-corrected chi connectivity index (χ1v) is 11.1. The van der Waals surface area contributed by atoms with Gasteiger partial charge in [0.2, 0.25) is 15.9 Å². The number of hydrogen-bond acceptors (Lipinski definition) is 3. The monoisotopic (exact) mass is 386 g/mol. The Bertz CT molecular complexity index is 665. The van der Waals surface area contributed by atoms with E-state index in [0.717, 1.165) is 36.2 Å². The molecule has 1 rings (SSSR count). The predicted molar refractivity (Wildman–Crippen MR) is 104 cm³/mol. The van der Waals surface area contributed by atoms with Gasteiger partial charge in [0.1, 0.15) is 5.82 Å². The van der Waals surface area contributed by atoms with Crippen molar-refractivity contribution in [2.75, 3.05) is 23.7 Å². The first-order valence-electron chi connectivity index (χ1n) is 9.27. The van der Waals surface area contributed by atoms with Crippen molar-refractivity contribution >= 4 is 21.6 Å². The first-order chi connectivity index (χ1) is 12.3. The molecule has 1 N–H and O–H groups in total. The minimum atomic E-state index is -3.54. The van der Waals surface area contributed by atoms with Crippen LogP contribution in [0.1, 0.15) is 52.4 Å². The van der Waals surface area contributed by atoms with Gasteiger partial charge < -0.3 is 5.32 Å². The third kappa shape index (κ3) is 8.17. The van der Waals surface area contributed by atoms with Crippen LogP contribution in [0.25, 0.3) is 0 Å². The van der Waals surface area contributed by atoms with Crippen LogP contribution in [-0.4, -0.2) is 33.7 Å². The van der Waals surface area contributed by atoms with Crippen LogP contribution in [0.4, 0.5) is 10.1 Å². The van der Waals surface area contributed by atoms with Crippen LogP contribution in [0.15, 0.2) is 24.3 Å². The van der Waals surface area contributed by atoms with Crippen LogP contribution >= 0.6 is 0 Å². The van der Waals surface area contributed by atoms with Gasteiger partial charge in [-0.05, 0) is 37.0 Å². The van der Waals surface area contributed by atoms with E-state index < -0.39 is 15.8 Å². The summed E-state index contributed by atoms with van der Waals surface area (Å²) < 4.78 is 38.5. The number of amides is 1. The highest BCUT2D eigenvalue weighted by molar-refractivity contribution is 7.92. The van der Waals surface area contributed by atoms with Gasteiger partial charge in [-0.15, -0.1) is 0 Å². The van der Waals surface area contributed by atoms with Gasteiger partial charge >= 0.3 is 0 Å². The Morgan fingerprint density at radius 3 is 2.58 bits per heavy atom. The molecule has 0 aliphatic carbocycles. The van der Waals surface area contributed by atoms with Gasteiger partial charge in [0, 0.05) is 19.5 Å². The Kier molecular flexibility index (Phi) is 9.62. The molecule has 0 aliphatic heterocycles. The highest BCUT2D eigenvalue weighted by Gasteiger charge is 2.18. The highest BCUT2D eigenvalue weighted by atomic mass is 32.2. The van der Waals surface area contributed by atoms with Crippen LogP contribution < -0.4 is 9.62 Å². The zero-order valence-corrected chi connectivity index (χ0v) is 16.8. The lowest BCUT2D eigenvalue weighted by atomic mass is 9.99. The molecule has 0 heterocycles. The molecule has 0 radical (unpaired) electrons. The van der Waals surface area contributed by atoms with Gasteiger partial charge in [0.05, 0.1) is 11.9 Å². The Labute approximate surface area is 157 Å². The number of unbranched alkanes of at least 4 members (excludes halogenated alkanes) is 1. The second-order valence-electron chi connectivity index (χ2n) is 6.64. The third-order valence-electron chi connectivity index (χ3n) is 4.39. The fourth-order valence-corrected chi connectivity index (χ4v) is 3.75. The SMILES string of the molecule is CCCCC(CC)CNC(=O)CCCN(c1cccc(F)c1)S(C)(=O)=O. The Hall–Kier alpha value is -1.63. The second kappa shape index (κ2) is 11.2. The summed E-state index contributed by atoms with van der Waals surface area (Å²) in [7, 11) is -3.54. The number of anilines is 1. The molecule has 0 aliphatic rings. The van der Waals surface area contributed by atoms with E-state index in [9.17, 15) is 17.6 Å². The Balaban J connectivity index is 2.51. The van der Waals surface area contributed by atoms with Gasteiger partial charge in [0.25, 0.3) is 0 Å². The standard InChI is InChI=1S/C19H31FN2O3S/c1-4-6-9-16(5-2)15-21-19(23)12-8-13-22(26(3,24)25)18-11-7-10-17(20)14-18/h7,10-11,14,16H,4-6,8-9,12-13,15H2,1-3H3,(H,21,23). The molecule has 1 unspecified atom stereocenters. The van der Waals surface area contributed by atoms with E-state index >= 15 is 0 Å². The van der Waals surface area contributed by atoms with Crippen molar-refractivity contribution in [2.24, 2.45) is 5.92 Å². The molecule has 5 nitrogen and oxygen atoms in total. The van der Waals surface area contributed by atoms with Gasteiger partial charge in [-0.2, -0.15) is 0 Å². The molecule has 7 heteroatoms. The number of rotatable bonds is 12. The largest absolute Gasteiger partial charge is 0.356 e. The molecule has 0 saturated carbocycles. The fraction of sp³-hybridized carbons (Fsp3) is 0.632. The third-order valence-corrected chi connectivity index (χ3v) is 5.59. The molecular weight excluding hydrogens is 355 g/mol. The van der Waals surface area contributed by atoms with Crippen LogP contribution in [0.5, 0.6) is 0 Å². The number of nitrogens with zero attached hydrogens (tertiary/aromatic N) is 1. The van der Waals surface area contributed by atoms with Gasteiger partial charge in [-0.1, -0.05) is 39.2 Å². The van der Waals surface area contributed by atoms with E-state index in [1.165, 1.54) is 18.2 Å². The number of carbonyl (C=O) groups excluding carboxylic acids is 1. The summed E-state index contributed by atoms with van der Waals surface area (Å²) in [6.07, 6.45) is 6.14. The molecule has 0 fully saturated rings. The normalized spacial score (nSPS) is 12.6. The number of benzene rings is 1. The van der Waals surface area contributed by atoms with Crippen molar-refractivity contribution in [1.29, 1.82) is 0 Å². The summed E-state index contributed by atoms with van der Waals surface area (Å²) in [6, 6.07) is 5.46. The van der Waals surface area contributed by atoms with Crippen molar-refractivity contribution in [2.45, 2.75) is 52.4 Å². The number of halogens is 1. The van der Waals surface area contributed by atoms with Crippen molar-refractivity contribution < 1.29 is 17.6 Å². The molecule has 1 aromatic carbocycles. The van der Waals surface area contributed by atoms with E-state index in [1.807, 2.05) is 0 Å². The summed E-state index contributed by atoms with van der Waals surface area (Å²) in [5.74, 6) is -0.0852. The number of carbonyl (C=O) groups is 1. The highest BCUT2D eigenvalue weighted by Crippen LogP contribution is 2.19. The zero-order valence-electron chi connectivity index (χ0n) is 16.0. The summed E-state index contributed by atoms with van der Waals surface area (Å²) >= 11 is 0. The molecule has 26 heavy (non-hydrogen) atoms. The average Bonchev–Trinajstić information content (AvgIpc) is 2.57. The topological polar surface area (TPSA) is 66.5 Å². The molecule has 1 amide bonds. The summed E-state index contributed by atoms with van der Waals surface area (Å²) in [5, 5.41) is 2.94. The number of hydrogen-bond donors (Lipinski definition) is 1. The molecule has 0 aromatic heterocycles. The van der Waals surface area contributed by atoms with Crippen molar-refractivity contribution in [3.05, 3.63) is 30.1 Å². The molecule has 0 spiro atoms. The molecule has 1 atom stereocenters. The van der Waals surface area contributed by atoms with E-state index in [1.54, 1.807) is 6.07 Å². The summed E-state index contributed by atoms with van der Waals surface area (Å²) in [5.41, 5.74) is 0.276. The summed E-state index contributed by atoms with van der Waals surface area (Å²) in [4.78, 5) is 12.0. The van der Waals surface area contributed by atoms with Crippen LogP contribution in [0.2, 0.25) is 0 Å². The van der Waals surface area contributed by atoms with Crippen molar-refractivity contribution in [1.82, 2.24) is 5.32 Å². The van der Waals surface area contributed by atoms with Crippen molar-refractivity contribution in [3.63, 3.8) is 0 Å². The number of nitrogens with one attached hydrogen (secondary N) is 1. The summed E-state index contributed by atoms with van der Waals surface area (Å²) in [6.45, 7) is 5.07. The minimum Gasteiger partial charge on any atom is -0.356 e. The maximum absolute atomic E-state index is 13.4. The maximum atomic E-state index is 13.4. The Morgan fingerprint density at radius 2 is 2.00 bits per heavy atom. The van der Waals surface area contributed by atoms with E-state index in [4.69, 9.17) is 0 Å². The van der Waals surface area contributed by atoms with Crippen LogP contribution in [0.3, 0.4) is 0 Å². The lowest BCUT2D eigenvalue weighted by molar-refractivity contribution is -0.121. The lowest BCUT2D eigenvalue weighted by Crippen LogP contribution is -2.33. The van der Waals surface area contributed by atoms with Gasteiger partial charge in [-0.25, -0.2) is 12.8 Å². The first kappa shape index (κ1) is 22.4. The smallest absolute Gasteiger partial charge is 0.232 e. The van der Waals surface area contributed by atoms with Crippen LogP contribution in [0, 0.1) is 11.7 Å². The van der Waals surface area contributed by atoms with Gasteiger partial charge in [-0.3, -0.25) is 9.10 Å². The molecule has 1 aromatic rings. The minimum absolute atomic E-state index is 0.0763. The van der Waals surface area contributed by atoms with E-state index in [2.05, 4.69) is 19.2 Å². The second-order valence-corrected chi connectivity index (χ2v) is 8.55. The number of sulfonamides is 1. The van der Waals surface area contributed by atoms with Gasteiger partial charge in [0.15, 0.2) is 0 Å². The molecule has 0 saturated heterocycles. The van der Waals surface area contributed by atoms with E-state index in [0.29, 0.717) is 18.9 Å². The molecule has 0 bridgehead atoms. The van der Waals surface area contributed by atoms with Crippen molar-refractivity contribution in [3.8, 4) is 0 Å².